The first kappa shape index (κ1) is 13.6. The molecule has 1 aliphatic carbocycles. The Morgan fingerprint density at radius 1 is 1.30 bits per heavy atom. The summed E-state index contributed by atoms with van der Waals surface area (Å²) in [6.07, 6.45) is -0.895. The first-order valence-corrected chi connectivity index (χ1v) is 6.62. The second-order valence-corrected chi connectivity index (χ2v) is 5.43. The van der Waals surface area contributed by atoms with Crippen LogP contribution >= 0.6 is 11.6 Å². The summed E-state index contributed by atoms with van der Waals surface area (Å²) < 4.78 is 39.9. The molecule has 0 spiro atoms. The molecule has 0 bridgehead atoms. The van der Waals surface area contributed by atoms with Crippen LogP contribution < -0.4 is 5.73 Å². The fourth-order valence-corrected chi connectivity index (χ4v) is 2.93. The summed E-state index contributed by atoms with van der Waals surface area (Å²) in [6.45, 7) is 0. The van der Waals surface area contributed by atoms with Crippen molar-refractivity contribution in [1.29, 1.82) is 0 Å². The van der Waals surface area contributed by atoms with Crippen molar-refractivity contribution in [3.63, 3.8) is 0 Å². The van der Waals surface area contributed by atoms with Gasteiger partial charge < -0.3 is 5.73 Å². The number of pyridine rings is 1. The van der Waals surface area contributed by atoms with E-state index >= 15 is 0 Å². The number of rotatable bonds is 1. The van der Waals surface area contributed by atoms with Crippen molar-refractivity contribution >= 4 is 17.2 Å². The molecule has 0 aliphatic heterocycles. The van der Waals surface area contributed by atoms with Gasteiger partial charge in [-0.3, -0.25) is 4.40 Å². The number of halogens is 4. The summed E-state index contributed by atoms with van der Waals surface area (Å²) in [4.78, 5) is 0. The minimum absolute atomic E-state index is 0.0647. The zero-order valence-corrected chi connectivity index (χ0v) is 11.1. The highest BCUT2D eigenvalue weighted by molar-refractivity contribution is 6.33. The van der Waals surface area contributed by atoms with Gasteiger partial charge in [0, 0.05) is 18.2 Å². The van der Waals surface area contributed by atoms with Gasteiger partial charge in [-0.25, -0.2) is 0 Å². The third kappa shape index (κ3) is 2.14. The maximum Gasteiger partial charge on any atom is 0.417 e. The molecule has 108 valence electrons. The maximum atomic E-state index is 12.9. The lowest BCUT2D eigenvalue weighted by atomic mass is 10.0. The van der Waals surface area contributed by atoms with E-state index in [-0.39, 0.29) is 22.6 Å². The summed E-state index contributed by atoms with van der Waals surface area (Å²) >= 11 is 5.87. The van der Waals surface area contributed by atoms with Gasteiger partial charge in [-0.2, -0.15) is 13.2 Å². The lowest BCUT2D eigenvalue weighted by Gasteiger charge is -2.14. The van der Waals surface area contributed by atoms with E-state index in [2.05, 4.69) is 10.2 Å². The Bertz CT molecular complexity index is 652. The van der Waals surface area contributed by atoms with E-state index < -0.39 is 11.7 Å². The third-order valence-corrected chi connectivity index (χ3v) is 3.99. The van der Waals surface area contributed by atoms with Gasteiger partial charge in [-0.15, -0.1) is 10.2 Å². The van der Waals surface area contributed by atoms with E-state index in [9.17, 15) is 13.2 Å². The predicted octanol–water partition coefficient (Wildman–Crippen LogP) is 3.00. The van der Waals surface area contributed by atoms with Crippen LogP contribution in [0.4, 0.5) is 13.2 Å². The normalized spacial score (nSPS) is 23.6. The molecule has 0 aromatic carbocycles. The molecule has 0 radical (unpaired) electrons. The van der Waals surface area contributed by atoms with Crippen LogP contribution in [-0.4, -0.2) is 20.6 Å². The monoisotopic (exact) mass is 304 g/mol. The van der Waals surface area contributed by atoms with Crippen molar-refractivity contribution in [3.8, 4) is 0 Å². The topological polar surface area (TPSA) is 56.2 Å². The molecular weight excluding hydrogens is 293 g/mol. The van der Waals surface area contributed by atoms with Crippen molar-refractivity contribution in [2.45, 2.75) is 37.4 Å². The van der Waals surface area contributed by atoms with E-state index in [1.165, 1.54) is 4.40 Å². The number of alkyl halides is 3. The average Bonchev–Trinajstić information content (AvgIpc) is 2.93. The van der Waals surface area contributed by atoms with Gasteiger partial charge in [0.15, 0.2) is 5.65 Å². The highest BCUT2D eigenvalue weighted by Crippen LogP contribution is 2.36. The molecule has 3 rings (SSSR count). The molecule has 2 N–H and O–H groups in total. The smallest absolute Gasteiger partial charge is 0.327 e. The standard InChI is InChI=1S/C12H12ClF3N4/c13-8-4-6(12(14,15)16)5-20-10(18-19-11(8)20)7-2-1-3-9(7)17/h4-5,7,9H,1-3,17H2. The first-order chi connectivity index (χ1) is 9.38. The quantitative estimate of drug-likeness (QED) is 0.881. The summed E-state index contributed by atoms with van der Waals surface area (Å²) in [6, 6.07) is 0.764. The van der Waals surface area contributed by atoms with Crippen molar-refractivity contribution in [2.24, 2.45) is 5.73 Å². The van der Waals surface area contributed by atoms with Gasteiger partial charge in [0.2, 0.25) is 0 Å². The van der Waals surface area contributed by atoms with Crippen LogP contribution in [0.3, 0.4) is 0 Å². The van der Waals surface area contributed by atoms with Gasteiger partial charge in [-0.1, -0.05) is 18.0 Å². The van der Waals surface area contributed by atoms with Crippen LogP contribution in [-0.2, 0) is 6.18 Å². The molecule has 4 nitrogen and oxygen atoms in total. The Labute approximate surface area is 117 Å². The molecule has 2 aromatic heterocycles. The van der Waals surface area contributed by atoms with Gasteiger partial charge in [0.1, 0.15) is 5.82 Å². The minimum Gasteiger partial charge on any atom is -0.327 e. The van der Waals surface area contributed by atoms with E-state index in [1.54, 1.807) is 0 Å². The van der Waals surface area contributed by atoms with E-state index in [0.29, 0.717) is 5.82 Å². The van der Waals surface area contributed by atoms with Crippen LogP contribution in [0.15, 0.2) is 12.3 Å². The van der Waals surface area contributed by atoms with E-state index in [1.807, 2.05) is 0 Å². The molecular formula is C12H12ClF3N4. The van der Waals surface area contributed by atoms with Crippen LogP contribution in [0.25, 0.3) is 5.65 Å². The summed E-state index contributed by atoms with van der Waals surface area (Å²) in [5.41, 5.74) is 5.40. The van der Waals surface area contributed by atoms with Gasteiger partial charge in [0.05, 0.1) is 10.6 Å². The summed E-state index contributed by atoms with van der Waals surface area (Å²) in [5, 5.41) is 7.81. The fraction of sp³-hybridized carbons (Fsp3) is 0.500. The average molecular weight is 305 g/mol. The Morgan fingerprint density at radius 2 is 2.05 bits per heavy atom. The molecule has 2 unspecified atom stereocenters. The number of hydrogen-bond acceptors (Lipinski definition) is 3. The Balaban J connectivity index is 2.17. The largest absolute Gasteiger partial charge is 0.417 e. The second-order valence-electron chi connectivity index (χ2n) is 5.03. The molecule has 0 amide bonds. The van der Waals surface area contributed by atoms with Crippen molar-refractivity contribution < 1.29 is 13.2 Å². The predicted molar refractivity (Wildman–Crippen MR) is 67.6 cm³/mol. The van der Waals surface area contributed by atoms with Crippen LogP contribution in [0.5, 0.6) is 0 Å². The van der Waals surface area contributed by atoms with Crippen LogP contribution in [0, 0.1) is 0 Å². The highest BCUT2D eigenvalue weighted by Gasteiger charge is 2.34. The summed E-state index contributed by atoms with van der Waals surface area (Å²) in [5.74, 6) is 0.377. The Hall–Kier alpha value is -1.34. The molecule has 8 heteroatoms. The fourth-order valence-electron chi connectivity index (χ4n) is 2.69. The van der Waals surface area contributed by atoms with Crippen molar-refractivity contribution in [3.05, 3.63) is 28.7 Å². The van der Waals surface area contributed by atoms with Crippen molar-refractivity contribution in [1.82, 2.24) is 14.6 Å². The lowest BCUT2D eigenvalue weighted by Crippen LogP contribution is -2.24. The van der Waals surface area contributed by atoms with E-state index in [0.717, 1.165) is 31.5 Å². The van der Waals surface area contributed by atoms with Gasteiger partial charge in [-0.05, 0) is 18.9 Å². The van der Waals surface area contributed by atoms with E-state index in [4.69, 9.17) is 17.3 Å². The highest BCUT2D eigenvalue weighted by atomic mass is 35.5. The molecule has 20 heavy (non-hydrogen) atoms. The molecule has 1 fully saturated rings. The molecule has 2 heterocycles. The lowest BCUT2D eigenvalue weighted by molar-refractivity contribution is -0.137. The Morgan fingerprint density at radius 3 is 2.65 bits per heavy atom. The third-order valence-electron chi connectivity index (χ3n) is 3.71. The maximum absolute atomic E-state index is 12.9. The second kappa shape index (κ2) is 4.60. The van der Waals surface area contributed by atoms with Gasteiger partial charge >= 0.3 is 6.18 Å². The number of hydrogen-bond donors (Lipinski definition) is 1. The zero-order chi connectivity index (χ0) is 14.5. The zero-order valence-electron chi connectivity index (χ0n) is 10.4. The first-order valence-electron chi connectivity index (χ1n) is 6.25. The number of nitrogens with two attached hydrogens (primary N) is 1. The molecule has 1 saturated carbocycles. The molecule has 2 atom stereocenters. The number of nitrogens with zero attached hydrogens (tertiary/aromatic N) is 3. The Kier molecular flexibility index (Phi) is 3.13. The molecule has 1 aliphatic rings. The SMILES string of the molecule is NC1CCCC1c1nnc2c(Cl)cc(C(F)(F)F)cn12. The van der Waals surface area contributed by atoms with Crippen molar-refractivity contribution in [2.75, 3.05) is 0 Å². The summed E-state index contributed by atoms with van der Waals surface area (Å²) in [7, 11) is 0. The molecule has 2 aromatic rings. The number of fused-ring (bicyclic) bond motifs is 1. The minimum atomic E-state index is -4.46. The number of aromatic nitrogens is 3. The van der Waals surface area contributed by atoms with Crippen LogP contribution in [0.1, 0.15) is 36.6 Å². The molecule has 0 saturated heterocycles. The van der Waals surface area contributed by atoms with Gasteiger partial charge in [0.25, 0.3) is 0 Å². The van der Waals surface area contributed by atoms with Crippen LogP contribution in [0.2, 0.25) is 5.02 Å².